The predicted molar refractivity (Wildman–Crippen MR) is 92.7 cm³/mol. The van der Waals surface area contributed by atoms with E-state index in [4.69, 9.17) is 32.7 Å². The highest BCUT2D eigenvalue weighted by Crippen LogP contribution is 2.29. The van der Waals surface area contributed by atoms with Gasteiger partial charge in [0.15, 0.2) is 6.61 Å². The molecule has 2 aromatic carbocycles. The highest BCUT2D eigenvalue weighted by atomic mass is 35.5. The SMILES string of the molecule is COc1cccc(CC(=O)OCC(=O)Nc2cccc(Cl)c2Cl)c1. The zero-order valence-electron chi connectivity index (χ0n) is 12.8. The van der Waals surface area contributed by atoms with E-state index in [1.165, 1.54) is 0 Å². The van der Waals surface area contributed by atoms with E-state index >= 15 is 0 Å². The minimum absolute atomic E-state index is 0.0440. The Morgan fingerprint density at radius 3 is 2.62 bits per heavy atom. The molecule has 0 radical (unpaired) electrons. The first-order chi connectivity index (χ1) is 11.5. The summed E-state index contributed by atoms with van der Waals surface area (Å²) in [5, 5.41) is 3.09. The van der Waals surface area contributed by atoms with Crippen LogP contribution in [0.25, 0.3) is 0 Å². The molecule has 0 bridgehead atoms. The van der Waals surface area contributed by atoms with Crippen LogP contribution in [0, 0.1) is 0 Å². The number of amides is 1. The third-order valence-electron chi connectivity index (χ3n) is 3.07. The lowest BCUT2D eigenvalue weighted by molar-refractivity contribution is -0.146. The van der Waals surface area contributed by atoms with E-state index in [0.29, 0.717) is 16.5 Å². The van der Waals surface area contributed by atoms with Gasteiger partial charge in [-0.25, -0.2) is 0 Å². The minimum atomic E-state index is -0.518. The van der Waals surface area contributed by atoms with Crippen LogP contribution in [-0.4, -0.2) is 25.6 Å². The normalized spacial score (nSPS) is 10.1. The lowest BCUT2D eigenvalue weighted by Gasteiger charge is -2.09. The first-order valence-corrected chi connectivity index (χ1v) is 7.77. The van der Waals surface area contributed by atoms with Crippen LogP contribution in [0.3, 0.4) is 0 Å². The molecule has 5 nitrogen and oxygen atoms in total. The molecule has 0 unspecified atom stereocenters. The summed E-state index contributed by atoms with van der Waals surface area (Å²) in [6, 6.07) is 11.9. The van der Waals surface area contributed by atoms with Crippen molar-refractivity contribution in [2.45, 2.75) is 6.42 Å². The molecule has 0 saturated heterocycles. The Labute approximate surface area is 149 Å². The molecule has 0 aliphatic rings. The van der Waals surface area contributed by atoms with Gasteiger partial charge >= 0.3 is 5.97 Å². The number of benzene rings is 2. The molecule has 0 aliphatic carbocycles. The summed E-state index contributed by atoms with van der Waals surface area (Å²) in [6.07, 6.45) is 0.0440. The van der Waals surface area contributed by atoms with Gasteiger partial charge in [-0.05, 0) is 29.8 Å². The largest absolute Gasteiger partial charge is 0.497 e. The zero-order valence-corrected chi connectivity index (χ0v) is 14.4. The summed E-state index contributed by atoms with van der Waals surface area (Å²) in [6.45, 7) is -0.411. The molecular formula is C17H15Cl2NO4. The third kappa shape index (κ3) is 5.15. The van der Waals surface area contributed by atoms with E-state index in [9.17, 15) is 9.59 Å². The second-order valence-corrected chi connectivity index (χ2v) is 5.62. The van der Waals surface area contributed by atoms with Crippen LogP contribution in [0.15, 0.2) is 42.5 Å². The van der Waals surface area contributed by atoms with Crippen LogP contribution in [0.1, 0.15) is 5.56 Å². The topological polar surface area (TPSA) is 64.6 Å². The summed E-state index contributed by atoms with van der Waals surface area (Å²) in [4.78, 5) is 23.6. The second kappa shape index (κ2) is 8.57. The molecule has 0 fully saturated rings. The first kappa shape index (κ1) is 18.1. The Morgan fingerprint density at radius 2 is 1.88 bits per heavy atom. The molecule has 0 heterocycles. The van der Waals surface area contributed by atoms with Gasteiger partial charge in [0.05, 0.1) is 29.3 Å². The number of carbonyl (C=O) groups excluding carboxylic acids is 2. The number of rotatable bonds is 6. The summed E-state index contributed by atoms with van der Waals surface area (Å²) in [5.74, 6) is -0.373. The third-order valence-corrected chi connectivity index (χ3v) is 3.89. The number of carbonyl (C=O) groups is 2. The monoisotopic (exact) mass is 367 g/mol. The molecule has 126 valence electrons. The van der Waals surface area contributed by atoms with Crippen molar-refractivity contribution in [1.82, 2.24) is 0 Å². The van der Waals surface area contributed by atoms with Gasteiger partial charge < -0.3 is 14.8 Å². The highest BCUT2D eigenvalue weighted by Gasteiger charge is 2.11. The van der Waals surface area contributed by atoms with E-state index in [1.807, 2.05) is 0 Å². The first-order valence-electron chi connectivity index (χ1n) is 7.02. The highest BCUT2D eigenvalue weighted by molar-refractivity contribution is 6.44. The van der Waals surface area contributed by atoms with Gasteiger partial charge in [-0.3, -0.25) is 9.59 Å². The smallest absolute Gasteiger partial charge is 0.310 e. The molecule has 7 heteroatoms. The summed E-state index contributed by atoms with van der Waals surface area (Å²) in [5.41, 5.74) is 1.09. The Hall–Kier alpha value is -2.24. The predicted octanol–water partition coefficient (Wildman–Crippen LogP) is 3.73. The Bertz CT molecular complexity index is 749. The van der Waals surface area contributed by atoms with E-state index in [0.717, 1.165) is 5.56 Å². The molecule has 0 spiro atoms. The van der Waals surface area contributed by atoms with Gasteiger partial charge in [-0.15, -0.1) is 0 Å². The summed E-state index contributed by atoms with van der Waals surface area (Å²) >= 11 is 11.8. The number of methoxy groups -OCH3 is 1. The van der Waals surface area contributed by atoms with Crippen molar-refractivity contribution < 1.29 is 19.1 Å². The fourth-order valence-electron chi connectivity index (χ4n) is 1.93. The van der Waals surface area contributed by atoms with Crippen molar-refractivity contribution in [3.8, 4) is 5.75 Å². The van der Waals surface area contributed by atoms with Crippen LogP contribution in [0.5, 0.6) is 5.75 Å². The molecule has 2 rings (SSSR count). The van der Waals surface area contributed by atoms with Crippen LogP contribution in [0.2, 0.25) is 10.0 Å². The standard InChI is InChI=1S/C17H15Cl2NO4/c1-23-12-5-2-4-11(8-12)9-16(22)24-10-15(21)20-14-7-3-6-13(18)17(14)19/h2-8H,9-10H2,1H3,(H,20,21). The van der Waals surface area contributed by atoms with Gasteiger partial charge in [0.25, 0.3) is 5.91 Å². The molecule has 0 aliphatic heterocycles. The lowest BCUT2D eigenvalue weighted by atomic mass is 10.1. The number of esters is 1. The Kier molecular flexibility index (Phi) is 6.46. The zero-order chi connectivity index (χ0) is 17.5. The fourth-order valence-corrected chi connectivity index (χ4v) is 2.28. The fraction of sp³-hybridized carbons (Fsp3) is 0.176. The summed E-state index contributed by atoms with van der Waals surface area (Å²) < 4.78 is 10.0. The van der Waals surface area contributed by atoms with Crippen molar-refractivity contribution in [2.24, 2.45) is 0 Å². The molecule has 1 N–H and O–H groups in total. The molecule has 2 aromatic rings. The van der Waals surface area contributed by atoms with Gasteiger partial charge in [-0.2, -0.15) is 0 Å². The Balaban J connectivity index is 1.84. The number of halogens is 2. The van der Waals surface area contributed by atoms with Gasteiger partial charge in [0.2, 0.25) is 0 Å². The average Bonchev–Trinajstić information content (AvgIpc) is 2.57. The Morgan fingerprint density at radius 1 is 1.12 bits per heavy atom. The molecule has 0 atom stereocenters. The van der Waals surface area contributed by atoms with Crippen molar-refractivity contribution in [1.29, 1.82) is 0 Å². The molecule has 0 aromatic heterocycles. The van der Waals surface area contributed by atoms with Gasteiger partial charge in [0.1, 0.15) is 5.75 Å². The minimum Gasteiger partial charge on any atom is -0.497 e. The van der Waals surface area contributed by atoms with E-state index in [2.05, 4.69) is 5.32 Å². The molecule has 0 saturated carbocycles. The maximum atomic E-state index is 11.8. The molecular weight excluding hydrogens is 353 g/mol. The van der Waals surface area contributed by atoms with Crippen molar-refractivity contribution >= 4 is 40.8 Å². The van der Waals surface area contributed by atoms with Crippen molar-refractivity contribution in [2.75, 3.05) is 19.0 Å². The van der Waals surface area contributed by atoms with E-state index in [-0.39, 0.29) is 11.4 Å². The van der Waals surface area contributed by atoms with Crippen LogP contribution < -0.4 is 10.1 Å². The number of hydrogen-bond acceptors (Lipinski definition) is 4. The number of nitrogens with one attached hydrogen (secondary N) is 1. The quantitative estimate of drug-likeness (QED) is 0.790. The second-order valence-electron chi connectivity index (χ2n) is 4.84. The number of anilines is 1. The van der Waals surface area contributed by atoms with Crippen molar-refractivity contribution in [3.05, 3.63) is 58.1 Å². The lowest BCUT2D eigenvalue weighted by Crippen LogP contribution is -2.21. The number of ether oxygens (including phenoxy) is 2. The van der Waals surface area contributed by atoms with Crippen LogP contribution in [0.4, 0.5) is 5.69 Å². The molecule has 24 heavy (non-hydrogen) atoms. The maximum absolute atomic E-state index is 11.8. The van der Waals surface area contributed by atoms with E-state index < -0.39 is 18.5 Å². The number of hydrogen-bond donors (Lipinski definition) is 1. The van der Waals surface area contributed by atoms with Gasteiger partial charge in [-0.1, -0.05) is 41.4 Å². The average molecular weight is 368 g/mol. The van der Waals surface area contributed by atoms with Crippen molar-refractivity contribution in [3.63, 3.8) is 0 Å². The van der Waals surface area contributed by atoms with Crippen LogP contribution in [-0.2, 0) is 20.7 Å². The van der Waals surface area contributed by atoms with Crippen LogP contribution >= 0.6 is 23.2 Å². The maximum Gasteiger partial charge on any atom is 0.310 e. The summed E-state index contributed by atoms with van der Waals surface area (Å²) in [7, 11) is 1.54. The molecule has 1 amide bonds. The van der Waals surface area contributed by atoms with Gasteiger partial charge in [0, 0.05) is 0 Å². The van der Waals surface area contributed by atoms with E-state index in [1.54, 1.807) is 49.6 Å².